The number of ether oxygens (including phenoxy) is 1. The molecule has 1 atom stereocenters. The van der Waals surface area contributed by atoms with Crippen molar-refractivity contribution < 1.29 is 17.9 Å². The van der Waals surface area contributed by atoms with Gasteiger partial charge in [-0.2, -0.15) is 0 Å². The highest BCUT2D eigenvalue weighted by atomic mass is 32.2. The van der Waals surface area contributed by atoms with Crippen LogP contribution in [0.2, 0.25) is 0 Å². The van der Waals surface area contributed by atoms with E-state index in [4.69, 9.17) is 4.74 Å². The largest absolute Gasteiger partial charge is 0.457 e. The Morgan fingerprint density at radius 2 is 1.41 bits per heavy atom. The second-order valence-corrected chi connectivity index (χ2v) is 8.89. The zero-order valence-corrected chi connectivity index (χ0v) is 17.4. The minimum Gasteiger partial charge on any atom is -0.457 e. The van der Waals surface area contributed by atoms with E-state index >= 15 is 0 Å². The summed E-state index contributed by atoms with van der Waals surface area (Å²) < 4.78 is 29.0. The van der Waals surface area contributed by atoms with Crippen LogP contribution in [-0.2, 0) is 9.84 Å². The summed E-state index contributed by atoms with van der Waals surface area (Å²) in [5.74, 6) is 1.26. The summed E-state index contributed by atoms with van der Waals surface area (Å²) in [6, 6.07) is 22.8. The molecular weight excluding hydrogens is 386 g/mol. The van der Waals surface area contributed by atoms with Gasteiger partial charge in [-0.15, -0.1) is 0 Å². The van der Waals surface area contributed by atoms with Gasteiger partial charge in [0.1, 0.15) is 11.5 Å². The predicted octanol–water partition coefficient (Wildman–Crippen LogP) is 4.72. The summed E-state index contributed by atoms with van der Waals surface area (Å²) in [4.78, 5) is 14.7. The molecule has 0 fully saturated rings. The molecule has 0 heterocycles. The first-order valence-corrected chi connectivity index (χ1v) is 11.0. The summed E-state index contributed by atoms with van der Waals surface area (Å²) in [6.07, 6.45) is 1.17. The minimum absolute atomic E-state index is 0.129. The van der Waals surface area contributed by atoms with Crippen LogP contribution in [0, 0.1) is 0 Å². The highest BCUT2D eigenvalue weighted by Gasteiger charge is 2.19. The van der Waals surface area contributed by atoms with Gasteiger partial charge in [-0.3, -0.25) is 4.79 Å². The van der Waals surface area contributed by atoms with E-state index in [-0.39, 0.29) is 16.8 Å². The highest BCUT2D eigenvalue weighted by molar-refractivity contribution is 7.90. The van der Waals surface area contributed by atoms with Crippen LogP contribution in [0.3, 0.4) is 0 Å². The molecule has 29 heavy (non-hydrogen) atoms. The molecule has 0 spiro atoms. The molecule has 150 valence electrons. The number of hydrogen-bond donors (Lipinski definition) is 0. The van der Waals surface area contributed by atoms with Gasteiger partial charge in [-0.1, -0.05) is 30.3 Å². The number of hydrogen-bond acceptors (Lipinski definition) is 4. The van der Waals surface area contributed by atoms with Crippen molar-refractivity contribution in [2.24, 2.45) is 0 Å². The Hall–Kier alpha value is -3.12. The van der Waals surface area contributed by atoms with Gasteiger partial charge in [0, 0.05) is 18.9 Å². The third-order valence-corrected chi connectivity index (χ3v) is 5.90. The van der Waals surface area contributed by atoms with E-state index in [1.165, 1.54) is 6.26 Å². The lowest BCUT2D eigenvalue weighted by Gasteiger charge is -2.25. The molecule has 0 saturated heterocycles. The summed E-state index contributed by atoms with van der Waals surface area (Å²) >= 11 is 0. The molecule has 3 rings (SSSR count). The zero-order valence-electron chi connectivity index (χ0n) is 16.6. The first-order chi connectivity index (χ1) is 13.8. The Morgan fingerprint density at radius 3 is 1.97 bits per heavy atom. The second-order valence-electron chi connectivity index (χ2n) is 6.87. The van der Waals surface area contributed by atoms with Gasteiger partial charge in [0.05, 0.1) is 10.9 Å². The molecule has 6 heteroatoms. The lowest BCUT2D eigenvalue weighted by Crippen LogP contribution is -2.29. The lowest BCUT2D eigenvalue weighted by atomic mass is 10.1. The van der Waals surface area contributed by atoms with Gasteiger partial charge >= 0.3 is 0 Å². The van der Waals surface area contributed by atoms with Crippen LogP contribution in [0.15, 0.2) is 83.8 Å². The normalized spacial score (nSPS) is 12.2. The van der Waals surface area contributed by atoms with Gasteiger partial charge in [-0.25, -0.2) is 8.42 Å². The van der Waals surface area contributed by atoms with Crippen LogP contribution >= 0.6 is 0 Å². The van der Waals surface area contributed by atoms with E-state index in [2.05, 4.69) is 0 Å². The molecule has 0 radical (unpaired) electrons. The van der Waals surface area contributed by atoms with Crippen molar-refractivity contribution in [3.8, 4) is 11.5 Å². The van der Waals surface area contributed by atoms with Gasteiger partial charge in [0.15, 0.2) is 9.84 Å². The number of nitrogens with zero attached hydrogens (tertiary/aromatic N) is 1. The van der Waals surface area contributed by atoms with E-state index < -0.39 is 9.84 Å². The van der Waals surface area contributed by atoms with Crippen molar-refractivity contribution in [1.29, 1.82) is 0 Å². The maximum absolute atomic E-state index is 12.8. The number of sulfone groups is 1. The van der Waals surface area contributed by atoms with E-state index in [1.54, 1.807) is 60.5 Å². The van der Waals surface area contributed by atoms with Crippen LogP contribution < -0.4 is 4.74 Å². The first-order valence-electron chi connectivity index (χ1n) is 9.16. The number of para-hydroxylation sites is 1. The Kier molecular flexibility index (Phi) is 6.03. The quantitative estimate of drug-likeness (QED) is 0.591. The van der Waals surface area contributed by atoms with Crippen LogP contribution in [0.1, 0.15) is 28.9 Å². The standard InChI is InChI=1S/C23H23NO4S/c1-17(18-11-15-22(16-12-18)29(3,26)27)24(2)23(25)19-9-13-21(14-10-19)28-20-7-5-4-6-8-20/h4-17H,1-3H3. The molecule has 0 aliphatic rings. The number of carbonyl (C=O) groups excluding carboxylic acids is 1. The molecule has 5 nitrogen and oxygen atoms in total. The topological polar surface area (TPSA) is 63.7 Å². The molecule has 0 saturated carbocycles. The van der Waals surface area contributed by atoms with Crippen molar-refractivity contribution in [3.05, 3.63) is 90.0 Å². The fraction of sp³-hybridized carbons (Fsp3) is 0.174. The molecule has 0 bridgehead atoms. The van der Waals surface area contributed by atoms with Crippen molar-refractivity contribution in [2.45, 2.75) is 17.9 Å². The van der Waals surface area contributed by atoms with Crippen LogP contribution in [0.25, 0.3) is 0 Å². The van der Waals surface area contributed by atoms with Crippen LogP contribution in [-0.4, -0.2) is 32.5 Å². The number of amides is 1. The van der Waals surface area contributed by atoms with Crippen molar-refractivity contribution >= 4 is 15.7 Å². The summed E-state index contributed by atoms with van der Waals surface area (Å²) in [5.41, 5.74) is 1.41. The molecule has 1 amide bonds. The SMILES string of the molecule is CC(c1ccc(S(C)(=O)=O)cc1)N(C)C(=O)c1ccc(Oc2ccccc2)cc1. The number of rotatable bonds is 6. The van der Waals surface area contributed by atoms with Crippen molar-refractivity contribution in [2.75, 3.05) is 13.3 Å². The summed E-state index contributed by atoms with van der Waals surface area (Å²) in [6.45, 7) is 1.90. The van der Waals surface area contributed by atoms with Gasteiger partial charge < -0.3 is 9.64 Å². The van der Waals surface area contributed by atoms with E-state index in [1.807, 2.05) is 37.3 Å². The van der Waals surface area contributed by atoms with Gasteiger partial charge in [0.2, 0.25) is 0 Å². The Bertz CT molecular complexity index is 1080. The molecule has 0 aliphatic heterocycles. The van der Waals surface area contributed by atoms with Crippen LogP contribution in [0.5, 0.6) is 11.5 Å². The Morgan fingerprint density at radius 1 is 0.862 bits per heavy atom. The summed E-state index contributed by atoms with van der Waals surface area (Å²) in [7, 11) is -1.52. The minimum atomic E-state index is -3.24. The van der Waals surface area contributed by atoms with E-state index in [0.717, 1.165) is 11.3 Å². The molecule has 0 aliphatic carbocycles. The third-order valence-electron chi connectivity index (χ3n) is 4.77. The molecule has 3 aromatic rings. The molecular formula is C23H23NO4S. The smallest absolute Gasteiger partial charge is 0.254 e. The number of benzene rings is 3. The van der Waals surface area contributed by atoms with Gasteiger partial charge in [-0.05, 0) is 61.0 Å². The Balaban J connectivity index is 1.70. The maximum Gasteiger partial charge on any atom is 0.254 e. The monoisotopic (exact) mass is 409 g/mol. The third kappa shape index (κ3) is 5.03. The molecule has 3 aromatic carbocycles. The fourth-order valence-corrected chi connectivity index (χ4v) is 3.52. The zero-order chi connectivity index (χ0) is 21.0. The summed E-state index contributed by atoms with van der Waals surface area (Å²) in [5, 5.41) is 0. The second kappa shape index (κ2) is 8.49. The first kappa shape index (κ1) is 20.6. The molecule has 0 N–H and O–H groups in total. The van der Waals surface area contributed by atoms with E-state index in [9.17, 15) is 13.2 Å². The highest BCUT2D eigenvalue weighted by Crippen LogP contribution is 2.25. The van der Waals surface area contributed by atoms with Crippen molar-refractivity contribution in [3.63, 3.8) is 0 Å². The van der Waals surface area contributed by atoms with E-state index in [0.29, 0.717) is 11.3 Å². The average molecular weight is 410 g/mol. The molecule has 1 unspecified atom stereocenters. The fourth-order valence-electron chi connectivity index (χ4n) is 2.89. The van der Waals surface area contributed by atoms with Crippen molar-refractivity contribution in [1.82, 2.24) is 4.90 Å². The van der Waals surface area contributed by atoms with Gasteiger partial charge in [0.25, 0.3) is 5.91 Å². The average Bonchev–Trinajstić information content (AvgIpc) is 2.73. The number of carbonyl (C=O) groups is 1. The Labute approximate surface area is 171 Å². The maximum atomic E-state index is 12.8. The van der Waals surface area contributed by atoms with Crippen LogP contribution in [0.4, 0.5) is 0 Å². The lowest BCUT2D eigenvalue weighted by molar-refractivity contribution is 0.0742. The molecule has 0 aromatic heterocycles. The predicted molar refractivity (Wildman–Crippen MR) is 113 cm³/mol.